The summed E-state index contributed by atoms with van der Waals surface area (Å²) in [6.45, 7) is 1.08. The van der Waals surface area contributed by atoms with Crippen LogP contribution in [0.4, 0.5) is 5.69 Å². The maximum Gasteiger partial charge on any atom is 0.335 e. The van der Waals surface area contributed by atoms with E-state index in [1.807, 2.05) is 4.90 Å². The lowest BCUT2D eigenvalue weighted by Crippen LogP contribution is -2.45. The minimum atomic E-state index is -3.60. The molecule has 1 heterocycles. The predicted octanol–water partition coefficient (Wildman–Crippen LogP) is 2.84. The minimum Gasteiger partial charge on any atom is -0.478 e. The summed E-state index contributed by atoms with van der Waals surface area (Å²) in [7, 11) is -3.60. The molecule has 1 fully saturated rings. The standard InChI is InChI=1S/C20H21ClN2O5S/c1-29(27,28)18-12-14(20(25)26)4-7-17(18)23-10-8-16(9-11-23)22-19(24)13-2-5-15(21)6-3-13/h2-7,12,16H,8-11H2,1H3,(H,22,24)(H,25,26). The second-order valence-electron chi connectivity index (χ2n) is 7.00. The van der Waals surface area contributed by atoms with Crippen molar-refractivity contribution in [3.8, 4) is 0 Å². The lowest BCUT2D eigenvalue weighted by Gasteiger charge is -2.35. The molecule has 9 heteroatoms. The summed E-state index contributed by atoms with van der Waals surface area (Å²) in [5.74, 6) is -1.35. The molecule has 0 spiro atoms. The van der Waals surface area contributed by atoms with E-state index in [1.54, 1.807) is 24.3 Å². The first-order chi connectivity index (χ1) is 13.6. The molecule has 1 saturated heterocycles. The number of nitrogens with zero attached hydrogens (tertiary/aromatic N) is 1. The number of carbonyl (C=O) groups is 2. The van der Waals surface area contributed by atoms with Gasteiger partial charge in [-0.15, -0.1) is 0 Å². The van der Waals surface area contributed by atoms with Gasteiger partial charge in [-0.3, -0.25) is 4.79 Å². The molecule has 7 nitrogen and oxygen atoms in total. The van der Waals surface area contributed by atoms with Crippen LogP contribution < -0.4 is 10.2 Å². The third kappa shape index (κ3) is 5.07. The van der Waals surface area contributed by atoms with E-state index in [4.69, 9.17) is 16.7 Å². The fraction of sp³-hybridized carbons (Fsp3) is 0.300. The third-order valence-electron chi connectivity index (χ3n) is 4.88. The molecule has 0 radical (unpaired) electrons. The number of carboxylic acid groups (broad SMARTS) is 1. The average Bonchev–Trinajstić information content (AvgIpc) is 2.68. The van der Waals surface area contributed by atoms with Crippen LogP contribution in [0.1, 0.15) is 33.6 Å². The van der Waals surface area contributed by atoms with Crippen molar-refractivity contribution < 1.29 is 23.1 Å². The Hall–Kier alpha value is -2.58. The Morgan fingerprint density at radius 2 is 1.66 bits per heavy atom. The number of anilines is 1. The molecule has 154 valence electrons. The van der Waals surface area contributed by atoms with Gasteiger partial charge in [-0.05, 0) is 55.3 Å². The van der Waals surface area contributed by atoms with Crippen molar-refractivity contribution in [1.82, 2.24) is 5.32 Å². The van der Waals surface area contributed by atoms with Crippen LogP contribution in [0.2, 0.25) is 5.02 Å². The highest BCUT2D eigenvalue weighted by Crippen LogP contribution is 2.29. The van der Waals surface area contributed by atoms with E-state index >= 15 is 0 Å². The summed E-state index contributed by atoms with van der Waals surface area (Å²) >= 11 is 5.84. The average molecular weight is 437 g/mol. The minimum absolute atomic E-state index is 0.000972. The number of aromatic carboxylic acids is 1. The second-order valence-corrected chi connectivity index (χ2v) is 9.42. The largest absolute Gasteiger partial charge is 0.478 e. The van der Waals surface area contributed by atoms with E-state index in [0.717, 1.165) is 6.26 Å². The number of piperidine rings is 1. The number of sulfone groups is 1. The van der Waals surface area contributed by atoms with Gasteiger partial charge in [0, 0.05) is 36.0 Å². The van der Waals surface area contributed by atoms with Crippen LogP contribution in [0.3, 0.4) is 0 Å². The van der Waals surface area contributed by atoms with E-state index in [-0.39, 0.29) is 22.4 Å². The number of benzene rings is 2. The highest BCUT2D eigenvalue weighted by atomic mass is 35.5. The van der Waals surface area contributed by atoms with Crippen LogP contribution in [0, 0.1) is 0 Å². The van der Waals surface area contributed by atoms with Crippen molar-refractivity contribution in [1.29, 1.82) is 0 Å². The summed E-state index contributed by atoms with van der Waals surface area (Å²) in [6, 6.07) is 10.7. The number of hydrogen-bond acceptors (Lipinski definition) is 5. The van der Waals surface area contributed by atoms with Gasteiger partial charge in [0.05, 0.1) is 16.1 Å². The van der Waals surface area contributed by atoms with Gasteiger partial charge in [0.25, 0.3) is 5.91 Å². The number of amides is 1. The van der Waals surface area contributed by atoms with Gasteiger partial charge in [0.1, 0.15) is 0 Å². The summed E-state index contributed by atoms with van der Waals surface area (Å²) in [6.07, 6.45) is 2.35. The zero-order valence-electron chi connectivity index (χ0n) is 15.8. The Labute approximate surface area is 174 Å². The van der Waals surface area contributed by atoms with Crippen molar-refractivity contribution in [2.45, 2.75) is 23.8 Å². The van der Waals surface area contributed by atoms with Gasteiger partial charge in [-0.2, -0.15) is 0 Å². The topological polar surface area (TPSA) is 104 Å². The number of nitrogens with one attached hydrogen (secondary N) is 1. The molecule has 3 rings (SSSR count). The van der Waals surface area contributed by atoms with E-state index in [9.17, 15) is 18.0 Å². The van der Waals surface area contributed by atoms with Crippen molar-refractivity contribution in [3.05, 3.63) is 58.6 Å². The molecule has 0 saturated carbocycles. The van der Waals surface area contributed by atoms with Gasteiger partial charge >= 0.3 is 5.97 Å². The Kier molecular flexibility index (Phi) is 6.14. The summed E-state index contributed by atoms with van der Waals surface area (Å²) in [4.78, 5) is 25.5. The number of carbonyl (C=O) groups excluding carboxylic acids is 1. The van der Waals surface area contributed by atoms with Crippen LogP contribution in [-0.4, -0.2) is 50.8 Å². The van der Waals surface area contributed by atoms with Crippen LogP contribution in [-0.2, 0) is 9.84 Å². The first-order valence-corrected chi connectivity index (χ1v) is 11.3. The molecule has 2 aromatic rings. The number of rotatable bonds is 5. The predicted molar refractivity (Wildman–Crippen MR) is 111 cm³/mol. The lowest BCUT2D eigenvalue weighted by atomic mass is 10.0. The monoisotopic (exact) mass is 436 g/mol. The molecule has 2 N–H and O–H groups in total. The maximum absolute atomic E-state index is 12.4. The zero-order chi connectivity index (χ0) is 21.2. The van der Waals surface area contributed by atoms with Crippen LogP contribution in [0.25, 0.3) is 0 Å². The van der Waals surface area contributed by atoms with Crippen molar-refractivity contribution in [2.75, 3.05) is 24.2 Å². The molecule has 29 heavy (non-hydrogen) atoms. The Balaban J connectivity index is 1.70. The number of carboxylic acids is 1. The molecule has 1 aliphatic heterocycles. The molecule has 0 aliphatic carbocycles. The van der Waals surface area contributed by atoms with Gasteiger partial charge in [-0.1, -0.05) is 11.6 Å². The fourth-order valence-corrected chi connectivity index (χ4v) is 4.38. The Bertz CT molecular complexity index is 1030. The van der Waals surface area contributed by atoms with E-state index in [2.05, 4.69) is 5.32 Å². The molecular weight excluding hydrogens is 416 g/mol. The molecule has 1 aliphatic rings. The first kappa shape index (κ1) is 21.1. The maximum atomic E-state index is 12.4. The number of hydrogen-bond donors (Lipinski definition) is 2. The molecular formula is C20H21ClN2O5S. The normalized spacial score (nSPS) is 15.2. The highest BCUT2D eigenvalue weighted by Gasteiger charge is 2.25. The first-order valence-electron chi connectivity index (χ1n) is 9.04. The van der Waals surface area contributed by atoms with Gasteiger partial charge in [0.15, 0.2) is 9.84 Å². The molecule has 0 aromatic heterocycles. The lowest BCUT2D eigenvalue weighted by molar-refractivity contribution is 0.0696. The molecule has 1 amide bonds. The van der Waals surface area contributed by atoms with E-state index in [1.165, 1.54) is 18.2 Å². The third-order valence-corrected chi connectivity index (χ3v) is 6.26. The molecule has 0 unspecified atom stereocenters. The molecule has 0 atom stereocenters. The highest BCUT2D eigenvalue weighted by molar-refractivity contribution is 7.90. The van der Waals surface area contributed by atoms with Gasteiger partial charge < -0.3 is 15.3 Å². The second kappa shape index (κ2) is 8.42. The van der Waals surface area contributed by atoms with Crippen LogP contribution >= 0.6 is 11.6 Å². The summed E-state index contributed by atoms with van der Waals surface area (Å²) in [5, 5.41) is 12.7. The van der Waals surface area contributed by atoms with Crippen molar-refractivity contribution in [3.63, 3.8) is 0 Å². The quantitative estimate of drug-likeness (QED) is 0.746. The van der Waals surface area contributed by atoms with E-state index < -0.39 is 15.8 Å². The molecule has 2 aromatic carbocycles. The summed E-state index contributed by atoms with van der Waals surface area (Å²) < 4.78 is 24.4. The fourth-order valence-electron chi connectivity index (χ4n) is 3.34. The molecule has 0 bridgehead atoms. The SMILES string of the molecule is CS(=O)(=O)c1cc(C(=O)O)ccc1N1CCC(NC(=O)c2ccc(Cl)cc2)CC1. The van der Waals surface area contributed by atoms with Crippen molar-refractivity contribution in [2.24, 2.45) is 0 Å². The zero-order valence-corrected chi connectivity index (χ0v) is 17.3. The smallest absolute Gasteiger partial charge is 0.335 e. The van der Waals surface area contributed by atoms with E-state index in [0.29, 0.717) is 42.2 Å². The Morgan fingerprint density at radius 1 is 1.07 bits per heavy atom. The van der Waals surface area contributed by atoms with Crippen LogP contribution in [0.15, 0.2) is 47.4 Å². The number of halogens is 1. The van der Waals surface area contributed by atoms with Crippen LogP contribution in [0.5, 0.6) is 0 Å². The van der Waals surface area contributed by atoms with Crippen molar-refractivity contribution >= 4 is 39.0 Å². The summed E-state index contributed by atoms with van der Waals surface area (Å²) in [5.41, 5.74) is 0.944. The van der Waals surface area contributed by atoms with Gasteiger partial charge in [-0.25, -0.2) is 13.2 Å². The Morgan fingerprint density at radius 3 is 2.21 bits per heavy atom. The van der Waals surface area contributed by atoms with Gasteiger partial charge in [0.2, 0.25) is 0 Å².